The van der Waals surface area contributed by atoms with Gasteiger partial charge in [-0.05, 0) is 47.3 Å². The third kappa shape index (κ3) is 3.23. The van der Waals surface area contributed by atoms with Crippen molar-refractivity contribution in [2.75, 3.05) is 13.1 Å². The molecule has 0 radical (unpaired) electrons. The van der Waals surface area contributed by atoms with Gasteiger partial charge in [-0.1, -0.05) is 0 Å². The molecule has 0 saturated heterocycles. The molecule has 0 amide bonds. The summed E-state index contributed by atoms with van der Waals surface area (Å²) in [5.41, 5.74) is 2.60. The average molecular weight is 391 g/mol. The van der Waals surface area contributed by atoms with Crippen LogP contribution < -0.4 is 5.56 Å². The van der Waals surface area contributed by atoms with Crippen molar-refractivity contribution in [3.63, 3.8) is 0 Å². The molecule has 1 N–H and O–H groups in total. The minimum atomic E-state index is -0.0337. The third-order valence-electron chi connectivity index (χ3n) is 4.55. The standard InChI is InChI=1S/C17H19BrN4O2/c18-15-5-4-11(24-15)9-22-8-6-13-12(10-22)17(23)21-16(20-13)14-3-1-2-7-19-14/h4-5H,1-3,6-10H2,(H,20,21,23). The predicted molar refractivity (Wildman–Crippen MR) is 94.3 cm³/mol. The summed E-state index contributed by atoms with van der Waals surface area (Å²) in [6.45, 7) is 3.00. The van der Waals surface area contributed by atoms with Crippen LogP contribution in [0.15, 0.2) is 31.0 Å². The number of halogens is 1. The van der Waals surface area contributed by atoms with Crippen molar-refractivity contribution < 1.29 is 4.42 Å². The van der Waals surface area contributed by atoms with Crippen LogP contribution in [0.25, 0.3) is 0 Å². The first kappa shape index (κ1) is 15.8. The van der Waals surface area contributed by atoms with E-state index in [-0.39, 0.29) is 5.56 Å². The van der Waals surface area contributed by atoms with E-state index in [0.29, 0.717) is 18.9 Å². The summed E-state index contributed by atoms with van der Waals surface area (Å²) in [5, 5.41) is 0. The topological polar surface area (TPSA) is 74.5 Å². The first-order valence-electron chi connectivity index (χ1n) is 8.31. The molecular formula is C17H19BrN4O2. The van der Waals surface area contributed by atoms with Crippen LogP contribution in [0.5, 0.6) is 0 Å². The second kappa shape index (κ2) is 6.64. The lowest BCUT2D eigenvalue weighted by molar-refractivity contribution is 0.221. The van der Waals surface area contributed by atoms with Gasteiger partial charge < -0.3 is 9.40 Å². The summed E-state index contributed by atoms with van der Waals surface area (Å²) in [7, 11) is 0. The second-order valence-electron chi connectivity index (χ2n) is 6.29. The van der Waals surface area contributed by atoms with E-state index in [1.807, 2.05) is 12.1 Å². The van der Waals surface area contributed by atoms with Crippen molar-refractivity contribution in [2.24, 2.45) is 4.99 Å². The molecule has 0 spiro atoms. The largest absolute Gasteiger partial charge is 0.453 e. The Bertz CT molecular complexity index is 839. The van der Waals surface area contributed by atoms with Gasteiger partial charge in [0.1, 0.15) is 5.76 Å². The maximum absolute atomic E-state index is 12.5. The molecule has 2 aliphatic rings. The normalized spacial score (nSPS) is 18.3. The predicted octanol–water partition coefficient (Wildman–Crippen LogP) is 2.66. The fraction of sp³-hybridized carbons (Fsp3) is 0.471. The molecule has 0 saturated carbocycles. The number of hydrogen-bond acceptors (Lipinski definition) is 5. The summed E-state index contributed by atoms with van der Waals surface area (Å²) >= 11 is 3.32. The molecule has 0 unspecified atom stereocenters. The van der Waals surface area contributed by atoms with Gasteiger partial charge in [-0.15, -0.1) is 0 Å². The van der Waals surface area contributed by atoms with Gasteiger partial charge in [0.25, 0.3) is 5.56 Å². The van der Waals surface area contributed by atoms with E-state index in [9.17, 15) is 4.79 Å². The van der Waals surface area contributed by atoms with Gasteiger partial charge in [0, 0.05) is 26.1 Å². The van der Waals surface area contributed by atoms with Crippen LogP contribution in [0.4, 0.5) is 0 Å². The van der Waals surface area contributed by atoms with Crippen molar-refractivity contribution in [3.05, 3.63) is 50.0 Å². The molecular weight excluding hydrogens is 372 g/mol. The Labute approximate surface area is 148 Å². The molecule has 4 rings (SSSR count). The van der Waals surface area contributed by atoms with Crippen molar-refractivity contribution in [1.29, 1.82) is 0 Å². The summed E-state index contributed by atoms with van der Waals surface area (Å²) in [6, 6.07) is 3.84. The minimum absolute atomic E-state index is 0.0337. The van der Waals surface area contributed by atoms with E-state index in [0.717, 1.165) is 66.2 Å². The zero-order chi connectivity index (χ0) is 16.5. The van der Waals surface area contributed by atoms with Crippen molar-refractivity contribution in [1.82, 2.24) is 14.9 Å². The quantitative estimate of drug-likeness (QED) is 0.873. The van der Waals surface area contributed by atoms with E-state index in [2.05, 4.69) is 30.8 Å². The van der Waals surface area contributed by atoms with Crippen molar-refractivity contribution in [3.8, 4) is 0 Å². The number of hydrogen-bond donors (Lipinski definition) is 1. The lowest BCUT2D eigenvalue weighted by Crippen LogP contribution is -2.36. The molecule has 6 nitrogen and oxygen atoms in total. The van der Waals surface area contributed by atoms with E-state index >= 15 is 0 Å². The van der Waals surface area contributed by atoms with Gasteiger partial charge in [-0.3, -0.25) is 14.7 Å². The first-order chi connectivity index (χ1) is 11.7. The summed E-state index contributed by atoms with van der Waals surface area (Å²) in [5.74, 6) is 1.56. The molecule has 0 atom stereocenters. The van der Waals surface area contributed by atoms with Gasteiger partial charge in [-0.2, -0.15) is 0 Å². The molecule has 24 heavy (non-hydrogen) atoms. The number of rotatable bonds is 3. The van der Waals surface area contributed by atoms with Gasteiger partial charge >= 0.3 is 0 Å². The molecule has 2 aromatic rings. The molecule has 0 fully saturated rings. The lowest BCUT2D eigenvalue weighted by atomic mass is 10.1. The fourth-order valence-corrected chi connectivity index (χ4v) is 3.64. The second-order valence-corrected chi connectivity index (χ2v) is 7.07. The Balaban J connectivity index is 1.56. The van der Waals surface area contributed by atoms with E-state index < -0.39 is 0 Å². The van der Waals surface area contributed by atoms with Crippen LogP contribution in [0, 0.1) is 0 Å². The number of nitrogens with zero attached hydrogens (tertiary/aromatic N) is 3. The molecule has 2 aliphatic heterocycles. The average Bonchev–Trinajstić information content (AvgIpc) is 3.01. The molecule has 0 bridgehead atoms. The number of aromatic amines is 1. The highest BCUT2D eigenvalue weighted by molar-refractivity contribution is 9.10. The van der Waals surface area contributed by atoms with Gasteiger partial charge in [0.2, 0.25) is 0 Å². The van der Waals surface area contributed by atoms with Gasteiger partial charge in [0.15, 0.2) is 10.5 Å². The number of H-pyrrole nitrogens is 1. The van der Waals surface area contributed by atoms with Crippen LogP contribution in [0.1, 0.15) is 42.1 Å². The maximum Gasteiger partial charge on any atom is 0.255 e. The van der Waals surface area contributed by atoms with Crippen LogP contribution in [0.3, 0.4) is 0 Å². The minimum Gasteiger partial charge on any atom is -0.453 e. The van der Waals surface area contributed by atoms with Crippen LogP contribution in [-0.4, -0.2) is 33.7 Å². The maximum atomic E-state index is 12.5. The van der Waals surface area contributed by atoms with E-state index in [1.54, 1.807) is 0 Å². The van der Waals surface area contributed by atoms with Crippen molar-refractivity contribution in [2.45, 2.75) is 38.8 Å². The lowest BCUT2D eigenvalue weighted by Gasteiger charge is -2.27. The highest BCUT2D eigenvalue weighted by Gasteiger charge is 2.23. The highest BCUT2D eigenvalue weighted by atomic mass is 79.9. The van der Waals surface area contributed by atoms with Crippen LogP contribution in [0.2, 0.25) is 0 Å². The van der Waals surface area contributed by atoms with Crippen molar-refractivity contribution >= 4 is 21.6 Å². The summed E-state index contributed by atoms with van der Waals surface area (Å²) in [6.07, 6.45) is 3.92. The number of nitrogens with one attached hydrogen (secondary N) is 1. The molecule has 2 aromatic heterocycles. The van der Waals surface area contributed by atoms with E-state index in [1.165, 1.54) is 0 Å². The Hall–Kier alpha value is -1.73. The molecule has 7 heteroatoms. The third-order valence-corrected chi connectivity index (χ3v) is 4.98. The zero-order valence-electron chi connectivity index (χ0n) is 13.3. The SMILES string of the molecule is O=c1[nH]c(C2=NCCCC2)nc2c1CN(Cc1ccc(Br)o1)CC2. The molecule has 0 aliphatic carbocycles. The Kier molecular flexibility index (Phi) is 4.37. The summed E-state index contributed by atoms with van der Waals surface area (Å²) < 4.78 is 6.29. The first-order valence-corrected chi connectivity index (χ1v) is 9.10. The number of furan rings is 1. The number of aromatic nitrogens is 2. The summed E-state index contributed by atoms with van der Waals surface area (Å²) in [4.78, 5) is 26.9. The smallest absolute Gasteiger partial charge is 0.255 e. The molecule has 126 valence electrons. The van der Waals surface area contributed by atoms with Crippen LogP contribution in [-0.2, 0) is 19.5 Å². The van der Waals surface area contributed by atoms with Gasteiger partial charge in [0.05, 0.1) is 23.5 Å². The Morgan fingerprint density at radius 2 is 2.21 bits per heavy atom. The highest BCUT2D eigenvalue weighted by Crippen LogP contribution is 2.20. The van der Waals surface area contributed by atoms with Crippen LogP contribution >= 0.6 is 15.9 Å². The number of aliphatic imine (C=N–C) groups is 1. The zero-order valence-corrected chi connectivity index (χ0v) is 14.9. The fourth-order valence-electron chi connectivity index (χ4n) is 3.30. The Morgan fingerprint density at radius 3 is 2.96 bits per heavy atom. The van der Waals surface area contributed by atoms with Gasteiger partial charge in [-0.25, -0.2) is 4.98 Å². The number of fused-ring (bicyclic) bond motifs is 1. The molecule has 4 heterocycles. The monoisotopic (exact) mass is 390 g/mol. The molecule has 0 aromatic carbocycles. The Morgan fingerprint density at radius 1 is 1.29 bits per heavy atom. The van der Waals surface area contributed by atoms with E-state index in [4.69, 9.17) is 9.40 Å².